The van der Waals surface area contributed by atoms with Gasteiger partial charge in [-0.15, -0.1) is 0 Å². The Bertz CT molecular complexity index is 537. The zero-order valence-electron chi connectivity index (χ0n) is 11.4. The summed E-state index contributed by atoms with van der Waals surface area (Å²) in [7, 11) is -5.06. The quantitative estimate of drug-likeness (QED) is 0.815. The van der Waals surface area contributed by atoms with Crippen molar-refractivity contribution in [2.75, 3.05) is 0 Å². The van der Waals surface area contributed by atoms with E-state index in [-0.39, 0.29) is 10.1 Å². The Balaban J connectivity index is 3.11. The van der Waals surface area contributed by atoms with E-state index in [2.05, 4.69) is 59.2 Å². The van der Waals surface area contributed by atoms with Crippen molar-refractivity contribution in [3.63, 3.8) is 0 Å². The lowest BCUT2D eigenvalue weighted by atomic mass is 10.2. The van der Waals surface area contributed by atoms with E-state index >= 15 is 0 Å². The predicted molar refractivity (Wildman–Crippen MR) is 81.4 cm³/mol. The van der Waals surface area contributed by atoms with Crippen molar-refractivity contribution in [1.82, 2.24) is 9.37 Å². The number of nitrogens with zero attached hydrogens (tertiary/aromatic N) is 1. The Morgan fingerprint density at radius 1 is 1.44 bits per heavy atom. The van der Waals surface area contributed by atoms with Gasteiger partial charge in [0.2, 0.25) is 0 Å². The van der Waals surface area contributed by atoms with Gasteiger partial charge in [0.1, 0.15) is 18.2 Å². The predicted octanol–water partition coefficient (Wildman–Crippen LogP) is 3.76. The van der Waals surface area contributed by atoms with E-state index in [0.29, 0.717) is 0 Å². The van der Waals surface area contributed by atoms with Gasteiger partial charge in [0.25, 0.3) is 0 Å². The van der Waals surface area contributed by atoms with Gasteiger partial charge in [-0.1, -0.05) is 49.8 Å². The van der Waals surface area contributed by atoms with Crippen molar-refractivity contribution in [3.05, 3.63) is 22.8 Å². The number of rotatable bonds is 3. The van der Waals surface area contributed by atoms with Crippen LogP contribution in [-0.4, -0.2) is 17.4 Å². The number of aromatic nitrogens is 1. The molecule has 1 aromatic heterocycles. The fraction of sp³-hybridized carbons (Fsp3) is 0.545. The summed E-state index contributed by atoms with van der Waals surface area (Å²) in [5, 5.41) is 0.296. The van der Waals surface area contributed by atoms with Crippen LogP contribution >= 0.6 is 15.9 Å². The number of halogens is 1. The third-order valence-corrected chi connectivity index (χ3v) is 11.5. The molecule has 1 unspecified atom stereocenters. The number of hydrogen-bond acceptors (Lipinski definition) is 3. The van der Waals surface area contributed by atoms with E-state index in [1.807, 2.05) is 0 Å². The normalized spacial score (nSPS) is 16.3. The minimum absolute atomic E-state index is 0.0166. The lowest BCUT2D eigenvalue weighted by molar-refractivity contribution is 0.661. The van der Waals surface area contributed by atoms with Crippen LogP contribution < -0.4 is 4.39 Å². The molecule has 0 bridgehead atoms. The van der Waals surface area contributed by atoms with Gasteiger partial charge in [-0.3, -0.25) is 0 Å². The van der Waals surface area contributed by atoms with Crippen LogP contribution in [0.5, 0.6) is 0 Å². The van der Waals surface area contributed by atoms with Gasteiger partial charge in [-0.25, -0.2) is 18.4 Å². The third-order valence-electron chi connectivity index (χ3n) is 3.27. The van der Waals surface area contributed by atoms with E-state index in [9.17, 15) is 4.21 Å². The topological polar surface area (TPSA) is 65.8 Å². The Labute approximate surface area is 119 Å². The van der Waals surface area contributed by atoms with E-state index in [1.54, 1.807) is 18.3 Å². The molecule has 1 aromatic rings. The van der Waals surface area contributed by atoms with E-state index in [0.717, 1.165) is 4.47 Å². The molecule has 0 aliphatic carbocycles. The average Bonchev–Trinajstić information content (AvgIpc) is 2.14. The van der Waals surface area contributed by atoms with Crippen LogP contribution in [0.15, 0.2) is 27.8 Å². The second-order valence-electron chi connectivity index (χ2n) is 5.85. The Kier molecular flexibility index (Phi) is 4.42. The number of hydrogen-bond donors (Lipinski definition) is 2. The molecule has 1 rings (SSSR count). The van der Waals surface area contributed by atoms with Gasteiger partial charge >= 0.3 is 0 Å². The lowest BCUT2D eigenvalue weighted by Crippen LogP contribution is -2.54. The van der Waals surface area contributed by atoms with Crippen molar-refractivity contribution in [2.45, 2.75) is 43.9 Å². The van der Waals surface area contributed by atoms with Crippen LogP contribution in [0.2, 0.25) is 18.1 Å². The highest BCUT2D eigenvalue weighted by molar-refractivity contribution is 9.10. The molecule has 102 valence electrons. The first kappa shape index (κ1) is 15.8. The third kappa shape index (κ3) is 3.63. The van der Waals surface area contributed by atoms with Crippen LogP contribution in [0.25, 0.3) is 0 Å². The zero-order chi connectivity index (χ0) is 14.2. The van der Waals surface area contributed by atoms with Crippen LogP contribution in [0.3, 0.4) is 0 Å². The Morgan fingerprint density at radius 2 is 2.00 bits per heavy atom. The van der Waals surface area contributed by atoms with Crippen molar-refractivity contribution in [2.24, 2.45) is 0 Å². The van der Waals surface area contributed by atoms with E-state index in [1.165, 1.54) is 0 Å². The lowest BCUT2D eigenvalue weighted by Gasteiger charge is -2.37. The molecule has 0 aliphatic heterocycles. The summed E-state index contributed by atoms with van der Waals surface area (Å²) in [5.41, 5.74) is 0. The van der Waals surface area contributed by atoms with Crippen molar-refractivity contribution >= 4 is 34.1 Å². The maximum atomic E-state index is 12.5. The average molecular weight is 350 g/mol. The van der Waals surface area contributed by atoms with Gasteiger partial charge in [-0.05, 0) is 17.2 Å². The first-order valence-electron chi connectivity index (χ1n) is 5.65. The summed E-state index contributed by atoms with van der Waals surface area (Å²) in [4.78, 5) is 4.04. The molecule has 1 heterocycles. The molecule has 0 saturated heterocycles. The molecule has 0 amide bonds. The second kappa shape index (κ2) is 5.03. The summed E-state index contributed by atoms with van der Waals surface area (Å²) in [5.74, 6) is 0. The van der Waals surface area contributed by atoms with Gasteiger partial charge < -0.3 is 0 Å². The maximum absolute atomic E-state index is 12.5. The Hall–Kier alpha value is -0.243. The molecule has 0 saturated carbocycles. The summed E-state index contributed by atoms with van der Waals surface area (Å²) in [6, 6.07) is 3.39. The second-order valence-corrected chi connectivity index (χ2v) is 13.9. The molecule has 1 atom stereocenters. The van der Waals surface area contributed by atoms with Crippen molar-refractivity contribution < 1.29 is 4.21 Å². The molecule has 7 heteroatoms. The highest BCUT2D eigenvalue weighted by Crippen LogP contribution is 2.34. The van der Waals surface area contributed by atoms with Crippen LogP contribution in [0, 0.1) is 4.78 Å². The number of pyridine rings is 1. The standard InChI is InChI=1S/C11H20BrN3OSSi/c1-11(2,3)18(4,5)15-17(13,16)10-8-9(12)6-7-14-10/h6-8H,1-5H3,(H2,13,15,16). The van der Waals surface area contributed by atoms with Crippen LogP contribution in [0.1, 0.15) is 20.8 Å². The highest BCUT2D eigenvalue weighted by atomic mass is 79.9. The smallest absolute Gasteiger partial charge is 0.150 e. The molecule has 2 N–H and O–H groups in total. The molecule has 18 heavy (non-hydrogen) atoms. The monoisotopic (exact) mass is 349 g/mol. The molecule has 4 nitrogen and oxygen atoms in total. The van der Waals surface area contributed by atoms with Crippen LogP contribution in [0.4, 0.5) is 0 Å². The van der Waals surface area contributed by atoms with Crippen molar-refractivity contribution in [1.29, 1.82) is 4.78 Å². The molecule has 0 aromatic carbocycles. The fourth-order valence-electron chi connectivity index (χ4n) is 1.11. The molecular weight excluding hydrogens is 330 g/mol. The molecule has 0 radical (unpaired) electrons. The largest absolute Gasteiger partial charge is 0.248 e. The van der Waals surface area contributed by atoms with Crippen LogP contribution in [-0.2, 0) is 9.92 Å². The van der Waals surface area contributed by atoms with Gasteiger partial charge in [-0.2, -0.15) is 0 Å². The molecular formula is C11H20BrN3OSSi. The first-order valence-corrected chi connectivity index (χ1v) is 11.0. The summed E-state index contributed by atoms with van der Waals surface area (Å²) in [6.07, 6.45) is 1.56. The van der Waals surface area contributed by atoms with E-state index < -0.39 is 18.2 Å². The molecule has 0 fully saturated rings. The van der Waals surface area contributed by atoms with Gasteiger partial charge in [0.05, 0.1) is 0 Å². The summed E-state index contributed by atoms with van der Waals surface area (Å²) >= 11 is 3.31. The fourth-order valence-corrected chi connectivity index (χ4v) is 6.61. The highest BCUT2D eigenvalue weighted by Gasteiger charge is 2.38. The summed E-state index contributed by atoms with van der Waals surface area (Å²) in [6.45, 7) is 10.5. The van der Waals surface area contributed by atoms with Gasteiger partial charge in [0, 0.05) is 10.7 Å². The van der Waals surface area contributed by atoms with E-state index in [4.69, 9.17) is 4.78 Å². The molecule has 0 spiro atoms. The van der Waals surface area contributed by atoms with Crippen molar-refractivity contribution in [3.8, 4) is 0 Å². The zero-order valence-corrected chi connectivity index (χ0v) is 14.8. The maximum Gasteiger partial charge on any atom is 0.150 e. The molecule has 0 aliphatic rings. The van der Waals surface area contributed by atoms with Gasteiger partial charge in [0.15, 0.2) is 5.03 Å². The first-order chi connectivity index (χ1) is 7.96. The summed E-state index contributed by atoms with van der Waals surface area (Å²) < 4.78 is 24.4. The minimum Gasteiger partial charge on any atom is -0.248 e. The Morgan fingerprint density at radius 3 is 2.44 bits per heavy atom. The minimum atomic E-state index is -3.05. The SMILES string of the molecule is CC(C)(C)[Si](C)(C)NS(=N)(=O)c1cc(Br)ccn1. The number of nitrogens with one attached hydrogen (secondary N) is 2.